The highest BCUT2D eigenvalue weighted by Gasteiger charge is 2.17. The Hall–Kier alpha value is -2.93. The van der Waals surface area contributed by atoms with Crippen LogP contribution in [0.4, 0.5) is 10.6 Å². The maximum atomic E-state index is 12.3. The molecule has 0 radical (unpaired) electrons. The Kier molecular flexibility index (Phi) is 4.07. The second-order valence-electron chi connectivity index (χ2n) is 5.90. The number of carbonyl (C=O) groups is 1. The molecule has 25 heavy (non-hydrogen) atoms. The molecule has 0 spiro atoms. The average molecular weight is 338 g/mol. The molecule has 1 saturated heterocycles. The summed E-state index contributed by atoms with van der Waals surface area (Å²) in [7, 11) is 0. The third-order valence-electron chi connectivity index (χ3n) is 4.16. The van der Waals surface area contributed by atoms with E-state index >= 15 is 0 Å². The van der Waals surface area contributed by atoms with Gasteiger partial charge in [0.1, 0.15) is 5.82 Å². The highest BCUT2D eigenvalue weighted by Crippen LogP contribution is 2.26. The van der Waals surface area contributed by atoms with E-state index in [1.807, 2.05) is 31.2 Å². The summed E-state index contributed by atoms with van der Waals surface area (Å²) in [5, 5.41) is 4.81. The first-order chi connectivity index (χ1) is 12.2. The topological polar surface area (TPSA) is 80.5 Å². The van der Waals surface area contributed by atoms with Gasteiger partial charge in [-0.1, -0.05) is 12.1 Å². The van der Waals surface area contributed by atoms with Gasteiger partial charge in [0, 0.05) is 37.2 Å². The predicted molar refractivity (Wildman–Crippen MR) is 93.4 cm³/mol. The van der Waals surface area contributed by atoms with Crippen molar-refractivity contribution in [3.05, 3.63) is 42.5 Å². The van der Waals surface area contributed by atoms with Crippen molar-refractivity contribution in [3.63, 3.8) is 0 Å². The minimum absolute atomic E-state index is 0.155. The molecule has 0 atom stereocenters. The number of fused-ring (bicyclic) bond motifs is 1. The van der Waals surface area contributed by atoms with Gasteiger partial charge in [0.2, 0.25) is 0 Å². The molecule has 7 heteroatoms. The van der Waals surface area contributed by atoms with Crippen LogP contribution in [0, 0.1) is 6.92 Å². The number of nitrogens with one attached hydrogen (secondary N) is 1. The van der Waals surface area contributed by atoms with Crippen LogP contribution in [0.15, 0.2) is 41.1 Å². The Morgan fingerprint density at radius 2 is 1.96 bits per heavy atom. The molecule has 2 amide bonds. The summed E-state index contributed by atoms with van der Waals surface area (Å²) in [6.07, 6.45) is 3.46. The fourth-order valence-corrected chi connectivity index (χ4v) is 2.81. The molecule has 7 nitrogen and oxygen atoms in total. The zero-order valence-electron chi connectivity index (χ0n) is 13.9. The number of aryl methyl sites for hydroxylation is 1. The van der Waals surface area contributed by atoms with E-state index in [-0.39, 0.29) is 6.03 Å². The second kappa shape index (κ2) is 6.52. The first-order valence-electron chi connectivity index (χ1n) is 8.15. The zero-order chi connectivity index (χ0) is 17.2. The number of morpholine rings is 1. The van der Waals surface area contributed by atoms with Gasteiger partial charge >= 0.3 is 6.03 Å². The highest BCUT2D eigenvalue weighted by atomic mass is 16.5. The van der Waals surface area contributed by atoms with Crippen molar-refractivity contribution in [2.24, 2.45) is 0 Å². The first-order valence-corrected chi connectivity index (χ1v) is 8.15. The van der Waals surface area contributed by atoms with Gasteiger partial charge in [0.15, 0.2) is 11.7 Å². The summed E-state index contributed by atoms with van der Waals surface area (Å²) >= 11 is 0. The van der Waals surface area contributed by atoms with Gasteiger partial charge in [-0.25, -0.2) is 14.8 Å². The number of benzene rings is 1. The molecule has 1 aromatic carbocycles. The number of pyridine rings is 1. The van der Waals surface area contributed by atoms with Crippen molar-refractivity contribution >= 4 is 22.6 Å². The molecule has 0 unspecified atom stereocenters. The normalized spacial score (nSPS) is 14.7. The Balaban J connectivity index is 1.59. The van der Waals surface area contributed by atoms with E-state index in [1.54, 1.807) is 17.3 Å². The Bertz CT molecular complexity index is 916. The molecule has 0 aliphatic carbocycles. The Morgan fingerprint density at radius 3 is 2.72 bits per heavy atom. The van der Waals surface area contributed by atoms with Crippen LogP contribution in [0.1, 0.15) is 5.89 Å². The number of anilines is 1. The lowest BCUT2D eigenvalue weighted by atomic mass is 10.1. The smallest absolute Gasteiger partial charge is 0.323 e. The minimum Gasteiger partial charge on any atom is -0.441 e. The summed E-state index contributed by atoms with van der Waals surface area (Å²) in [5.74, 6) is 1.87. The molecule has 1 aliphatic heterocycles. The van der Waals surface area contributed by atoms with Crippen LogP contribution in [0.5, 0.6) is 0 Å². The number of amides is 2. The van der Waals surface area contributed by atoms with Gasteiger partial charge in [-0.05, 0) is 17.5 Å². The molecular weight excluding hydrogens is 320 g/mol. The third kappa shape index (κ3) is 3.32. The number of hydrogen-bond acceptors (Lipinski definition) is 5. The van der Waals surface area contributed by atoms with Crippen molar-refractivity contribution in [2.75, 3.05) is 31.6 Å². The summed E-state index contributed by atoms with van der Waals surface area (Å²) in [6.45, 7) is 4.13. The van der Waals surface area contributed by atoms with Crippen LogP contribution in [0.2, 0.25) is 0 Å². The summed E-state index contributed by atoms with van der Waals surface area (Å²) < 4.78 is 10.8. The largest absolute Gasteiger partial charge is 0.441 e. The fraction of sp³-hybridized carbons (Fsp3) is 0.278. The number of rotatable bonds is 2. The van der Waals surface area contributed by atoms with Gasteiger partial charge in [0.25, 0.3) is 0 Å². The van der Waals surface area contributed by atoms with Gasteiger partial charge < -0.3 is 14.1 Å². The van der Waals surface area contributed by atoms with Gasteiger partial charge in [-0.3, -0.25) is 5.32 Å². The standard InChI is InChI=1S/C18H18N4O3/c1-12-19-11-16(25-12)13-2-3-14-10-20-17(9-15(14)8-13)21-18(23)22-4-6-24-7-5-22/h2-3,8-11H,4-7H2,1H3,(H,20,21,23). The number of carbonyl (C=O) groups excluding carboxylic acids is 1. The molecule has 1 aliphatic rings. The van der Waals surface area contributed by atoms with Gasteiger partial charge in [0.05, 0.1) is 19.4 Å². The number of ether oxygens (including phenoxy) is 1. The van der Waals surface area contributed by atoms with Crippen molar-refractivity contribution in [2.45, 2.75) is 6.92 Å². The lowest BCUT2D eigenvalue weighted by Crippen LogP contribution is -2.43. The van der Waals surface area contributed by atoms with Crippen molar-refractivity contribution in [1.29, 1.82) is 0 Å². The number of nitrogens with zero attached hydrogens (tertiary/aromatic N) is 3. The van der Waals surface area contributed by atoms with Crippen LogP contribution >= 0.6 is 0 Å². The van der Waals surface area contributed by atoms with Crippen molar-refractivity contribution in [1.82, 2.24) is 14.9 Å². The maximum Gasteiger partial charge on any atom is 0.323 e. The van der Waals surface area contributed by atoms with Crippen LogP contribution in [-0.4, -0.2) is 47.2 Å². The third-order valence-corrected chi connectivity index (χ3v) is 4.16. The van der Waals surface area contributed by atoms with E-state index in [1.165, 1.54) is 0 Å². The minimum atomic E-state index is -0.155. The SMILES string of the molecule is Cc1ncc(-c2ccc3cnc(NC(=O)N4CCOCC4)cc3c2)o1. The van der Waals surface area contributed by atoms with Crippen LogP contribution in [-0.2, 0) is 4.74 Å². The lowest BCUT2D eigenvalue weighted by Gasteiger charge is -2.26. The van der Waals surface area contributed by atoms with E-state index in [9.17, 15) is 4.79 Å². The quantitative estimate of drug-likeness (QED) is 0.777. The molecule has 0 saturated carbocycles. The maximum absolute atomic E-state index is 12.3. The zero-order valence-corrected chi connectivity index (χ0v) is 13.9. The molecule has 1 fully saturated rings. The van der Waals surface area contributed by atoms with E-state index in [0.717, 1.165) is 22.1 Å². The van der Waals surface area contributed by atoms with Crippen LogP contribution < -0.4 is 5.32 Å². The van der Waals surface area contributed by atoms with E-state index in [4.69, 9.17) is 9.15 Å². The number of aromatic nitrogens is 2. The van der Waals surface area contributed by atoms with Crippen molar-refractivity contribution in [3.8, 4) is 11.3 Å². The van der Waals surface area contributed by atoms with E-state index in [0.29, 0.717) is 38.0 Å². The number of oxazole rings is 1. The molecular formula is C18H18N4O3. The van der Waals surface area contributed by atoms with Crippen molar-refractivity contribution < 1.29 is 13.9 Å². The van der Waals surface area contributed by atoms with E-state index in [2.05, 4.69) is 15.3 Å². The Labute approximate surface area is 144 Å². The summed E-state index contributed by atoms with van der Waals surface area (Å²) in [5.41, 5.74) is 0.935. The fourth-order valence-electron chi connectivity index (χ4n) is 2.81. The molecule has 0 bridgehead atoms. The molecule has 1 N–H and O–H groups in total. The first kappa shape index (κ1) is 15.6. The molecule has 2 aromatic heterocycles. The van der Waals surface area contributed by atoms with Crippen LogP contribution in [0.25, 0.3) is 22.1 Å². The molecule has 4 rings (SSSR count). The monoisotopic (exact) mass is 338 g/mol. The van der Waals surface area contributed by atoms with Gasteiger partial charge in [-0.2, -0.15) is 0 Å². The molecule has 3 heterocycles. The average Bonchev–Trinajstić information content (AvgIpc) is 3.08. The van der Waals surface area contributed by atoms with Gasteiger partial charge in [-0.15, -0.1) is 0 Å². The molecule has 3 aromatic rings. The predicted octanol–water partition coefficient (Wildman–Crippen LogP) is 3.06. The number of urea groups is 1. The lowest BCUT2D eigenvalue weighted by molar-refractivity contribution is 0.0564. The van der Waals surface area contributed by atoms with E-state index < -0.39 is 0 Å². The highest BCUT2D eigenvalue weighted by molar-refractivity contribution is 5.93. The van der Waals surface area contributed by atoms with Crippen LogP contribution in [0.3, 0.4) is 0 Å². The number of hydrogen-bond donors (Lipinski definition) is 1. The summed E-state index contributed by atoms with van der Waals surface area (Å²) in [4.78, 5) is 22.5. The molecule has 128 valence electrons. The second-order valence-corrected chi connectivity index (χ2v) is 5.90. The summed E-state index contributed by atoms with van der Waals surface area (Å²) in [6, 6.07) is 7.65. The Morgan fingerprint density at radius 1 is 1.12 bits per heavy atom.